The summed E-state index contributed by atoms with van der Waals surface area (Å²) in [4.78, 5) is 16.0. The maximum Gasteiger partial charge on any atom is 0.410 e. The van der Waals surface area contributed by atoms with Gasteiger partial charge in [0.25, 0.3) is 0 Å². The topological polar surface area (TPSA) is 53.0 Å². The van der Waals surface area contributed by atoms with E-state index in [0.717, 1.165) is 24.2 Å². The van der Waals surface area contributed by atoms with E-state index in [-0.39, 0.29) is 6.09 Å². The normalized spacial score (nSPS) is 16.6. The fraction of sp³-hybridized carbons (Fsp3) is 0.588. The Morgan fingerprint density at radius 3 is 2.41 bits per heavy atom. The molecule has 2 rings (SSSR count). The first-order valence-corrected chi connectivity index (χ1v) is 7.74. The van der Waals surface area contributed by atoms with Crippen LogP contribution in [0.4, 0.5) is 4.79 Å². The Hall–Kier alpha value is -1.75. The minimum Gasteiger partial charge on any atom is -0.508 e. The summed E-state index contributed by atoms with van der Waals surface area (Å²) in [5.74, 6) is 0.342. The van der Waals surface area contributed by atoms with Crippen molar-refractivity contribution in [1.29, 1.82) is 0 Å². The van der Waals surface area contributed by atoms with Crippen molar-refractivity contribution in [3.63, 3.8) is 0 Å². The van der Waals surface area contributed by atoms with Crippen LogP contribution in [0, 0.1) is 6.92 Å². The lowest BCUT2D eigenvalue weighted by Gasteiger charge is -2.35. The van der Waals surface area contributed by atoms with Gasteiger partial charge in [0.05, 0.1) is 0 Å². The van der Waals surface area contributed by atoms with Crippen LogP contribution in [0.1, 0.15) is 31.9 Å². The van der Waals surface area contributed by atoms with Crippen molar-refractivity contribution < 1.29 is 14.6 Å². The van der Waals surface area contributed by atoms with Crippen molar-refractivity contribution in [2.75, 3.05) is 26.2 Å². The Morgan fingerprint density at radius 1 is 1.23 bits per heavy atom. The second-order valence-corrected chi connectivity index (χ2v) is 6.82. The summed E-state index contributed by atoms with van der Waals surface area (Å²) in [6, 6.07) is 5.58. The standard InChI is InChI=1S/C17H26N2O3/c1-13-6-5-7-15(20)14(13)12-18-8-10-19(11-9-18)16(21)22-17(2,3)4/h5-7,20H,8-12H2,1-4H3. The molecule has 1 aliphatic heterocycles. The first kappa shape index (κ1) is 16.6. The number of amides is 1. The van der Waals surface area contributed by atoms with Crippen LogP contribution in [0.3, 0.4) is 0 Å². The second kappa shape index (κ2) is 6.57. The lowest BCUT2D eigenvalue weighted by molar-refractivity contribution is 0.0138. The molecule has 0 bridgehead atoms. The zero-order valence-corrected chi connectivity index (χ0v) is 13.9. The number of hydrogen-bond acceptors (Lipinski definition) is 4. The third kappa shape index (κ3) is 4.37. The molecule has 5 heteroatoms. The number of rotatable bonds is 2. The number of phenols is 1. The van der Waals surface area contributed by atoms with E-state index in [1.54, 1.807) is 11.0 Å². The number of phenolic OH excluding ortho intramolecular Hbond substituents is 1. The summed E-state index contributed by atoms with van der Waals surface area (Å²) in [7, 11) is 0. The Balaban J connectivity index is 1.89. The Labute approximate surface area is 132 Å². The van der Waals surface area contributed by atoms with Crippen molar-refractivity contribution in [2.45, 2.75) is 39.8 Å². The van der Waals surface area contributed by atoms with Gasteiger partial charge in [-0.15, -0.1) is 0 Å². The summed E-state index contributed by atoms with van der Waals surface area (Å²) < 4.78 is 5.40. The van der Waals surface area contributed by atoms with Gasteiger partial charge in [-0.1, -0.05) is 12.1 Å². The third-order valence-corrected chi connectivity index (χ3v) is 3.79. The molecule has 1 aromatic rings. The van der Waals surface area contributed by atoms with Gasteiger partial charge in [0.15, 0.2) is 0 Å². The Kier molecular flexibility index (Phi) is 4.96. The molecule has 0 saturated carbocycles. The molecular formula is C17H26N2O3. The molecule has 1 aliphatic rings. The minimum atomic E-state index is -0.457. The summed E-state index contributed by atoms with van der Waals surface area (Å²) in [5, 5.41) is 9.98. The third-order valence-electron chi connectivity index (χ3n) is 3.79. The number of nitrogens with zero attached hydrogens (tertiary/aromatic N) is 2. The van der Waals surface area contributed by atoms with E-state index in [1.165, 1.54) is 0 Å². The van der Waals surface area contributed by atoms with Crippen molar-refractivity contribution in [2.24, 2.45) is 0 Å². The number of aryl methyl sites for hydroxylation is 1. The summed E-state index contributed by atoms with van der Waals surface area (Å²) in [6.07, 6.45) is -0.245. The molecule has 22 heavy (non-hydrogen) atoms. The van der Waals surface area contributed by atoms with E-state index in [0.29, 0.717) is 25.4 Å². The van der Waals surface area contributed by atoms with E-state index in [2.05, 4.69) is 4.90 Å². The molecule has 122 valence electrons. The van der Waals surface area contributed by atoms with Crippen LogP contribution in [-0.2, 0) is 11.3 Å². The molecule has 0 spiro atoms. The van der Waals surface area contributed by atoms with Crippen molar-refractivity contribution in [3.05, 3.63) is 29.3 Å². The van der Waals surface area contributed by atoms with Gasteiger partial charge in [0, 0.05) is 38.3 Å². The zero-order chi connectivity index (χ0) is 16.3. The predicted octanol–water partition coefficient (Wildman–Crippen LogP) is 2.75. The van der Waals surface area contributed by atoms with Crippen molar-refractivity contribution in [3.8, 4) is 5.75 Å². The predicted molar refractivity (Wildman–Crippen MR) is 85.9 cm³/mol. The zero-order valence-electron chi connectivity index (χ0n) is 13.9. The van der Waals surface area contributed by atoms with Crippen LogP contribution in [0.15, 0.2) is 18.2 Å². The molecule has 1 N–H and O–H groups in total. The van der Waals surface area contributed by atoms with E-state index < -0.39 is 5.60 Å². The number of carbonyl (C=O) groups is 1. The van der Waals surface area contributed by atoms with Gasteiger partial charge >= 0.3 is 6.09 Å². The number of hydrogen-bond donors (Lipinski definition) is 1. The van der Waals surface area contributed by atoms with E-state index in [4.69, 9.17) is 4.74 Å². The molecule has 0 aromatic heterocycles. The van der Waals surface area contributed by atoms with Crippen LogP contribution in [0.2, 0.25) is 0 Å². The molecule has 1 amide bonds. The Bertz CT molecular complexity index is 509. The van der Waals surface area contributed by atoms with Gasteiger partial charge in [-0.2, -0.15) is 0 Å². The maximum atomic E-state index is 12.0. The smallest absolute Gasteiger partial charge is 0.410 e. The molecule has 0 unspecified atom stereocenters. The molecule has 1 saturated heterocycles. The van der Waals surface area contributed by atoms with Crippen LogP contribution < -0.4 is 0 Å². The van der Waals surface area contributed by atoms with Gasteiger partial charge in [-0.3, -0.25) is 4.90 Å². The second-order valence-electron chi connectivity index (χ2n) is 6.82. The fourth-order valence-electron chi connectivity index (χ4n) is 2.53. The molecule has 0 radical (unpaired) electrons. The molecule has 0 aliphatic carbocycles. The van der Waals surface area contributed by atoms with Crippen molar-refractivity contribution >= 4 is 6.09 Å². The van der Waals surface area contributed by atoms with E-state index in [9.17, 15) is 9.90 Å². The minimum absolute atomic E-state index is 0.245. The maximum absolute atomic E-state index is 12.0. The summed E-state index contributed by atoms with van der Waals surface area (Å²) in [6.45, 7) is 11.2. The number of carbonyl (C=O) groups excluding carboxylic acids is 1. The highest BCUT2D eigenvalue weighted by Crippen LogP contribution is 2.23. The van der Waals surface area contributed by atoms with Crippen LogP contribution >= 0.6 is 0 Å². The SMILES string of the molecule is Cc1cccc(O)c1CN1CCN(C(=O)OC(C)(C)C)CC1. The van der Waals surface area contributed by atoms with Gasteiger partial charge < -0.3 is 14.7 Å². The highest BCUT2D eigenvalue weighted by atomic mass is 16.6. The Morgan fingerprint density at radius 2 is 1.86 bits per heavy atom. The largest absolute Gasteiger partial charge is 0.508 e. The van der Waals surface area contributed by atoms with Crippen LogP contribution in [-0.4, -0.2) is 52.8 Å². The number of benzene rings is 1. The van der Waals surface area contributed by atoms with Gasteiger partial charge in [-0.05, 0) is 39.3 Å². The van der Waals surface area contributed by atoms with Gasteiger partial charge in [-0.25, -0.2) is 4.79 Å². The van der Waals surface area contributed by atoms with Crippen molar-refractivity contribution in [1.82, 2.24) is 9.80 Å². The monoisotopic (exact) mass is 306 g/mol. The summed E-state index contributed by atoms with van der Waals surface area (Å²) >= 11 is 0. The lowest BCUT2D eigenvalue weighted by Crippen LogP contribution is -2.49. The van der Waals surface area contributed by atoms with Crippen LogP contribution in [0.5, 0.6) is 5.75 Å². The lowest BCUT2D eigenvalue weighted by atomic mass is 10.1. The molecule has 5 nitrogen and oxygen atoms in total. The fourth-order valence-corrected chi connectivity index (χ4v) is 2.53. The quantitative estimate of drug-likeness (QED) is 0.913. The van der Waals surface area contributed by atoms with E-state index >= 15 is 0 Å². The molecule has 1 fully saturated rings. The number of aromatic hydroxyl groups is 1. The average Bonchev–Trinajstić information content (AvgIpc) is 2.42. The number of ether oxygens (including phenoxy) is 1. The van der Waals surface area contributed by atoms with E-state index in [1.807, 2.05) is 39.8 Å². The number of piperazine rings is 1. The van der Waals surface area contributed by atoms with Gasteiger partial charge in [0.2, 0.25) is 0 Å². The van der Waals surface area contributed by atoms with Crippen LogP contribution in [0.25, 0.3) is 0 Å². The highest BCUT2D eigenvalue weighted by Gasteiger charge is 2.26. The first-order valence-electron chi connectivity index (χ1n) is 7.74. The average molecular weight is 306 g/mol. The first-order chi connectivity index (χ1) is 10.3. The molecular weight excluding hydrogens is 280 g/mol. The molecule has 1 aromatic carbocycles. The highest BCUT2D eigenvalue weighted by molar-refractivity contribution is 5.68. The van der Waals surface area contributed by atoms with Gasteiger partial charge in [0.1, 0.15) is 11.4 Å². The molecule has 1 heterocycles. The summed E-state index contributed by atoms with van der Waals surface area (Å²) in [5.41, 5.74) is 1.60. The molecule has 0 atom stereocenters.